The molecule has 4 nitrogen and oxygen atoms in total. The Morgan fingerprint density at radius 1 is 0.786 bits per heavy atom. The van der Waals surface area contributed by atoms with Crippen molar-refractivity contribution in [2.75, 3.05) is 14.2 Å². The Kier molecular flexibility index (Phi) is 5.26. The van der Waals surface area contributed by atoms with E-state index in [-0.39, 0.29) is 6.61 Å². The van der Waals surface area contributed by atoms with Gasteiger partial charge in [-0.25, -0.2) is 0 Å². The van der Waals surface area contributed by atoms with E-state index in [1.165, 1.54) is 14.2 Å². The number of ether oxygens (including phenoxy) is 3. The second-order valence-corrected chi connectivity index (χ2v) is 6.52. The number of benzene rings is 4. The molecular formula is C24H22O4. The van der Waals surface area contributed by atoms with Gasteiger partial charge in [-0.1, -0.05) is 66.7 Å². The monoisotopic (exact) mass is 374 g/mol. The van der Waals surface area contributed by atoms with Crippen LogP contribution < -0.4 is 4.74 Å². The fourth-order valence-corrected chi connectivity index (χ4v) is 3.64. The number of aliphatic hydroxyl groups is 1. The molecule has 0 radical (unpaired) electrons. The summed E-state index contributed by atoms with van der Waals surface area (Å²) in [6, 6.07) is 24.5. The molecule has 0 spiro atoms. The number of aliphatic hydroxyl groups excluding tert-OH is 1. The van der Waals surface area contributed by atoms with Gasteiger partial charge in [-0.2, -0.15) is 0 Å². The minimum Gasteiger partial charge on any atom is -0.440 e. The number of rotatable bonds is 6. The van der Waals surface area contributed by atoms with Crippen LogP contribution in [0.2, 0.25) is 0 Å². The van der Waals surface area contributed by atoms with Crippen molar-refractivity contribution >= 4 is 21.5 Å². The molecule has 0 bridgehead atoms. The third-order valence-corrected chi connectivity index (χ3v) is 4.91. The standard InChI is InChI=1S/C24H22O4/c1-26-24(27-2)28-23-18(15-25)14-17-9-4-6-12-20(17)22(23)21-13-7-10-16-8-3-5-11-19(16)21/h3-14,24-25H,15H2,1-2H3. The first kappa shape index (κ1) is 18.4. The molecule has 4 rings (SSSR count). The van der Waals surface area contributed by atoms with Crippen LogP contribution in [0, 0.1) is 0 Å². The lowest BCUT2D eigenvalue weighted by atomic mass is 9.91. The number of fused-ring (bicyclic) bond motifs is 2. The Hall–Kier alpha value is -2.92. The van der Waals surface area contributed by atoms with Gasteiger partial charge in [-0.3, -0.25) is 0 Å². The summed E-state index contributed by atoms with van der Waals surface area (Å²) in [5.41, 5.74) is 2.63. The highest BCUT2D eigenvalue weighted by molar-refractivity contribution is 6.08. The molecule has 4 aromatic rings. The van der Waals surface area contributed by atoms with Crippen LogP contribution in [0.1, 0.15) is 5.56 Å². The average molecular weight is 374 g/mol. The summed E-state index contributed by atoms with van der Waals surface area (Å²) in [7, 11) is 3.04. The fourth-order valence-electron chi connectivity index (χ4n) is 3.64. The molecule has 28 heavy (non-hydrogen) atoms. The molecule has 142 valence electrons. The molecule has 0 unspecified atom stereocenters. The third-order valence-electron chi connectivity index (χ3n) is 4.91. The SMILES string of the molecule is COC(OC)Oc1c(CO)cc2ccccc2c1-c1cccc2ccccc12. The lowest BCUT2D eigenvalue weighted by Crippen LogP contribution is -2.22. The van der Waals surface area contributed by atoms with E-state index in [4.69, 9.17) is 14.2 Å². The van der Waals surface area contributed by atoms with E-state index in [9.17, 15) is 5.11 Å². The van der Waals surface area contributed by atoms with Gasteiger partial charge in [0.05, 0.1) is 6.61 Å². The lowest BCUT2D eigenvalue weighted by Gasteiger charge is -2.22. The minimum atomic E-state index is -0.875. The Bertz CT molecular complexity index is 1110. The topological polar surface area (TPSA) is 47.9 Å². The van der Waals surface area contributed by atoms with E-state index >= 15 is 0 Å². The molecule has 0 aliphatic heterocycles. The largest absolute Gasteiger partial charge is 0.440 e. The van der Waals surface area contributed by atoms with E-state index in [0.29, 0.717) is 11.3 Å². The maximum Gasteiger partial charge on any atom is 0.315 e. The summed E-state index contributed by atoms with van der Waals surface area (Å²) < 4.78 is 16.6. The zero-order chi connectivity index (χ0) is 19.5. The number of methoxy groups -OCH3 is 2. The molecule has 0 aromatic heterocycles. The molecule has 0 saturated carbocycles. The van der Waals surface area contributed by atoms with Crippen LogP contribution in [0.15, 0.2) is 72.8 Å². The first-order chi connectivity index (χ1) is 13.8. The maximum absolute atomic E-state index is 10.1. The molecule has 4 heteroatoms. The molecule has 1 N–H and O–H groups in total. The van der Waals surface area contributed by atoms with Crippen molar-refractivity contribution in [1.29, 1.82) is 0 Å². The van der Waals surface area contributed by atoms with Gasteiger partial charge in [-0.15, -0.1) is 0 Å². The van der Waals surface area contributed by atoms with Gasteiger partial charge in [0.2, 0.25) is 0 Å². The van der Waals surface area contributed by atoms with E-state index in [2.05, 4.69) is 30.3 Å². The zero-order valence-corrected chi connectivity index (χ0v) is 15.9. The summed E-state index contributed by atoms with van der Waals surface area (Å²) in [5, 5.41) is 14.4. The predicted molar refractivity (Wildman–Crippen MR) is 111 cm³/mol. The Morgan fingerprint density at radius 3 is 2.14 bits per heavy atom. The minimum absolute atomic E-state index is 0.155. The molecule has 0 saturated heterocycles. The van der Waals surface area contributed by atoms with Crippen LogP contribution in [0.4, 0.5) is 0 Å². The highest BCUT2D eigenvalue weighted by Crippen LogP contribution is 2.43. The highest BCUT2D eigenvalue weighted by Gasteiger charge is 2.21. The Labute approximate surface area is 163 Å². The summed E-state index contributed by atoms with van der Waals surface area (Å²) in [6.45, 7) is -1.03. The smallest absolute Gasteiger partial charge is 0.315 e. The van der Waals surface area contributed by atoms with Crippen LogP contribution in [0.25, 0.3) is 32.7 Å². The van der Waals surface area contributed by atoms with Crippen molar-refractivity contribution in [3.63, 3.8) is 0 Å². The average Bonchev–Trinajstić information content (AvgIpc) is 2.76. The Morgan fingerprint density at radius 2 is 1.43 bits per heavy atom. The van der Waals surface area contributed by atoms with E-state index in [0.717, 1.165) is 32.7 Å². The zero-order valence-electron chi connectivity index (χ0n) is 15.9. The summed E-state index contributed by atoms with van der Waals surface area (Å²) >= 11 is 0. The molecule has 4 aromatic carbocycles. The van der Waals surface area contributed by atoms with Crippen LogP contribution >= 0.6 is 0 Å². The Balaban J connectivity index is 2.09. The van der Waals surface area contributed by atoms with Gasteiger partial charge in [-0.05, 0) is 33.2 Å². The van der Waals surface area contributed by atoms with Gasteiger partial charge < -0.3 is 19.3 Å². The molecule has 0 fully saturated rings. The normalized spacial score (nSPS) is 11.4. The van der Waals surface area contributed by atoms with Crippen LogP contribution in [-0.4, -0.2) is 25.8 Å². The molecule has 0 atom stereocenters. The summed E-state index contributed by atoms with van der Waals surface area (Å²) in [4.78, 5) is 0. The van der Waals surface area contributed by atoms with Crippen LogP contribution in [0.3, 0.4) is 0 Å². The van der Waals surface area contributed by atoms with Crippen LogP contribution in [0.5, 0.6) is 5.75 Å². The second kappa shape index (κ2) is 7.98. The van der Waals surface area contributed by atoms with Crippen molar-refractivity contribution < 1.29 is 19.3 Å². The number of hydrogen-bond donors (Lipinski definition) is 1. The van der Waals surface area contributed by atoms with Gasteiger partial charge in [0.15, 0.2) is 0 Å². The molecule has 0 aliphatic rings. The van der Waals surface area contributed by atoms with Gasteiger partial charge in [0, 0.05) is 25.3 Å². The molecule has 0 aliphatic carbocycles. The van der Waals surface area contributed by atoms with E-state index < -0.39 is 6.48 Å². The highest BCUT2D eigenvalue weighted by atomic mass is 16.8. The van der Waals surface area contributed by atoms with Crippen molar-refractivity contribution in [1.82, 2.24) is 0 Å². The predicted octanol–water partition coefficient (Wildman–Crippen LogP) is 5.11. The molecular weight excluding hydrogens is 352 g/mol. The number of hydrogen-bond acceptors (Lipinski definition) is 4. The lowest BCUT2D eigenvalue weighted by molar-refractivity contribution is -0.219. The summed E-state index contributed by atoms with van der Waals surface area (Å²) in [5.74, 6) is 0.561. The van der Waals surface area contributed by atoms with Crippen molar-refractivity contribution in [2.45, 2.75) is 13.1 Å². The van der Waals surface area contributed by atoms with Gasteiger partial charge in [0.25, 0.3) is 0 Å². The fraction of sp³-hybridized carbons (Fsp3) is 0.167. The first-order valence-electron chi connectivity index (χ1n) is 9.12. The quantitative estimate of drug-likeness (QED) is 0.477. The van der Waals surface area contributed by atoms with Crippen LogP contribution in [-0.2, 0) is 16.1 Å². The van der Waals surface area contributed by atoms with E-state index in [1.54, 1.807) is 0 Å². The first-order valence-corrected chi connectivity index (χ1v) is 9.12. The van der Waals surface area contributed by atoms with Gasteiger partial charge >= 0.3 is 6.48 Å². The van der Waals surface area contributed by atoms with E-state index in [1.807, 2.05) is 42.5 Å². The molecule has 0 amide bonds. The van der Waals surface area contributed by atoms with Gasteiger partial charge in [0.1, 0.15) is 5.75 Å². The third kappa shape index (κ3) is 3.22. The van der Waals surface area contributed by atoms with Crippen molar-refractivity contribution in [3.8, 4) is 16.9 Å². The molecule has 0 heterocycles. The second-order valence-electron chi connectivity index (χ2n) is 6.52. The maximum atomic E-state index is 10.1. The van der Waals surface area contributed by atoms with Crippen molar-refractivity contribution in [3.05, 3.63) is 78.4 Å². The summed E-state index contributed by atoms with van der Waals surface area (Å²) in [6.07, 6.45) is 0. The van der Waals surface area contributed by atoms with Crippen molar-refractivity contribution in [2.24, 2.45) is 0 Å².